The molecule has 1 aliphatic carbocycles. The fourth-order valence-corrected chi connectivity index (χ4v) is 2.42. The van der Waals surface area contributed by atoms with E-state index >= 15 is 0 Å². The van der Waals surface area contributed by atoms with Crippen LogP contribution in [0.25, 0.3) is 5.69 Å². The van der Waals surface area contributed by atoms with Crippen LogP contribution in [0.15, 0.2) is 42.7 Å². The number of nitrogens with zero attached hydrogens (tertiary/aromatic N) is 2. The Labute approximate surface area is 122 Å². The van der Waals surface area contributed by atoms with Gasteiger partial charge in [-0.2, -0.15) is 5.10 Å². The van der Waals surface area contributed by atoms with Gasteiger partial charge in [0.15, 0.2) is 11.9 Å². The van der Waals surface area contributed by atoms with Crippen LogP contribution in [0.3, 0.4) is 0 Å². The van der Waals surface area contributed by atoms with Crippen LogP contribution in [-0.4, -0.2) is 27.6 Å². The van der Waals surface area contributed by atoms with Crippen molar-refractivity contribution in [3.63, 3.8) is 0 Å². The summed E-state index contributed by atoms with van der Waals surface area (Å²) < 4.78 is 6.91. The predicted molar refractivity (Wildman–Crippen MR) is 76.2 cm³/mol. The lowest BCUT2D eigenvalue weighted by atomic mass is 9.96. The maximum atomic E-state index is 12.1. The van der Waals surface area contributed by atoms with Gasteiger partial charge in [-0.1, -0.05) is 18.2 Å². The predicted octanol–water partition coefficient (Wildman–Crippen LogP) is 2.54. The standard InChI is InChI=1S/C16H16N2O3/c19-14-8-4-5-9-15(14)21-16(20)12-10-17-18(11-12)13-6-2-1-3-7-13/h1-3,6-7,10-11,15H,4-5,8-9H2/t15-/m0/s1. The summed E-state index contributed by atoms with van der Waals surface area (Å²) in [6.45, 7) is 0. The molecule has 0 radical (unpaired) electrons. The minimum absolute atomic E-state index is 0.0186. The number of rotatable bonds is 3. The molecule has 21 heavy (non-hydrogen) atoms. The molecule has 1 aliphatic rings. The molecule has 3 rings (SSSR count). The highest BCUT2D eigenvalue weighted by Crippen LogP contribution is 2.19. The van der Waals surface area contributed by atoms with Crippen LogP contribution in [0.4, 0.5) is 0 Å². The number of aromatic nitrogens is 2. The van der Waals surface area contributed by atoms with Gasteiger partial charge in [0.2, 0.25) is 0 Å². The van der Waals surface area contributed by atoms with Crippen LogP contribution >= 0.6 is 0 Å². The summed E-state index contributed by atoms with van der Waals surface area (Å²) in [5.41, 5.74) is 1.22. The summed E-state index contributed by atoms with van der Waals surface area (Å²) in [6, 6.07) is 9.50. The van der Waals surface area contributed by atoms with Gasteiger partial charge < -0.3 is 4.74 Å². The molecule has 0 unspecified atom stereocenters. The van der Waals surface area contributed by atoms with E-state index in [-0.39, 0.29) is 5.78 Å². The molecule has 2 aromatic rings. The van der Waals surface area contributed by atoms with E-state index in [0.29, 0.717) is 18.4 Å². The normalized spacial score (nSPS) is 18.5. The second-order valence-corrected chi connectivity index (χ2v) is 5.12. The van der Waals surface area contributed by atoms with Crippen LogP contribution in [-0.2, 0) is 9.53 Å². The van der Waals surface area contributed by atoms with Gasteiger partial charge in [0.25, 0.3) is 0 Å². The minimum Gasteiger partial charge on any atom is -0.451 e. The third kappa shape index (κ3) is 3.02. The van der Waals surface area contributed by atoms with E-state index in [4.69, 9.17) is 4.74 Å². The molecular formula is C16H16N2O3. The zero-order valence-corrected chi connectivity index (χ0v) is 11.6. The van der Waals surface area contributed by atoms with Gasteiger partial charge in [-0.15, -0.1) is 0 Å². The molecule has 1 saturated carbocycles. The van der Waals surface area contributed by atoms with Crippen molar-refractivity contribution in [3.05, 3.63) is 48.3 Å². The van der Waals surface area contributed by atoms with Crippen molar-refractivity contribution in [2.45, 2.75) is 31.8 Å². The van der Waals surface area contributed by atoms with Gasteiger partial charge in [0.05, 0.1) is 17.4 Å². The van der Waals surface area contributed by atoms with Crippen LogP contribution in [0, 0.1) is 0 Å². The molecule has 0 bridgehead atoms. The number of Topliss-reactive ketones (excluding diaryl/α,β-unsaturated/α-hetero) is 1. The highest BCUT2D eigenvalue weighted by atomic mass is 16.5. The van der Waals surface area contributed by atoms with Crippen molar-refractivity contribution in [2.75, 3.05) is 0 Å². The number of ketones is 1. The quantitative estimate of drug-likeness (QED) is 0.813. The number of carbonyl (C=O) groups excluding carboxylic acids is 2. The molecule has 1 fully saturated rings. The molecular weight excluding hydrogens is 268 g/mol. The lowest BCUT2D eigenvalue weighted by Crippen LogP contribution is -2.30. The lowest BCUT2D eigenvalue weighted by molar-refractivity contribution is -0.129. The third-order valence-electron chi connectivity index (χ3n) is 3.59. The molecule has 5 heteroatoms. The van der Waals surface area contributed by atoms with Gasteiger partial charge in [0.1, 0.15) is 0 Å². The van der Waals surface area contributed by atoms with Gasteiger partial charge in [-0.3, -0.25) is 4.79 Å². The summed E-state index contributed by atoms with van der Waals surface area (Å²) in [6.07, 6.45) is 5.42. The number of benzene rings is 1. The Kier molecular flexibility index (Phi) is 3.81. The summed E-state index contributed by atoms with van der Waals surface area (Å²) >= 11 is 0. The number of ether oxygens (including phenoxy) is 1. The first kappa shape index (κ1) is 13.5. The highest BCUT2D eigenvalue weighted by Gasteiger charge is 2.26. The molecule has 0 spiro atoms. The van der Waals surface area contributed by atoms with Crippen LogP contribution in [0.1, 0.15) is 36.0 Å². The summed E-state index contributed by atoms with van der Waals surface area (Å²) in [7, 11) is 0. The maximum absolute atomic E-state index is 12.1. The van der Waals surface area contributed by atoms with E-state index in [1.807, 2.05) is 30.3 Å². The SMILES string of the molecule is O=C(O[C@H]1CCCCC1=O)c1cnn(-c2ccccc2)c1. The average molecular weight is 284 g/mol. The summed E-state index contributed by atoms with van der Waals surface area (Å²) in [5.74, 6) is -0.470. The van der Waals surface area contributed by atoms with Gasteiger partial charge in [-0.25, -0.2) is 9.48 Å². The fraction of sp³-hybridized carbons (Fsp3) is 0.312. The number of hydrogen-bond acceptors (Lipinski definition) is 4. The largest absolute Gasteiger partial charge is 0.451 e. The fourth-order valence-electron chi connectivity index (χ4n) is 2.42. The van der Waals surface area contributed by atoms with Crippen LogP contribution in [0.5, 0.6) is 0 Å². The molecule has 0 amide bonds. The number of carbonyl (C=O) groups is 2. The Bertz CT molecular complexity index is 649. The van der Waals surface area contributed by atoms with Crippen molar-refractivity contribution in [1.29, 1.82) is 0 Å². The number of hydrogen-bond donors (Lipinski definition) is 0. The second kappa shape index (κ2) is 5.91. The van der Waals surface area contributed by atoms with E-state index in [0.717, 1.165) is 18.5 Å². The van der Waals surface area contributed by atoms with Crippen LogP contribution < -0.4 is 0 Å². The van der Waals surface area contributed by atoms with Gasteiger partial charge in [-0.05, 0) is 31.4 Å². The Morgan fingerprint density at radius 1 is 1.24 bits per heavy atom. The number of para-hydroxylation sites is 1. The topological polar surface area (TPSA) is 61.2 Å². The van der Waals surface area contributed by atoms with Crippen molar-refractivity contribution in [2.24, 2.45) is 0 Å². The molecule has 0 aliphatic heterocycles. The molecule has 0 saturated heterocycles. The molecule has 1 atom stereocenters. The van der Waals surface area contributed by atoms with Crippen molar-refractivity contribution in [1.82, 2.24) is 9.78 Å². The van der Waals surface area contributed by atoms with E-state index in [1.165, 1.54) is 6.20 Å². The minimum atomic E-state index is -0.591. The first-order valence-corrected chi connectivity index (χ1v) is 7.08. The Balaban J connectivity index is 1.71. The molecule has 1 aromatic heterocycles. The zero-order chi connectivity index (χ0) is 14.7. The zero-order valence-electron chi connectivity index (χ0n) is 11.6. The monoisotopic (exact) mass is 284 g/mol. The van der Waals surface area contributed by atoms with E-state index in [1.54, 1.807) is 10.9 Å². The maximum Gasteiger partial charge on any atom is 0.342 e. The number of esters is 1. The first-order valence-electron chi connectivity index (χ1n) is 7.08. The lowest BCUT2D eigenvalue weighted by Gasteiger charge is -2.20. The Morgan fingerprint density at radius 2 is 2.05 bits per heavy atom. The van der Waals surface area contributed by atoms with E-state index in [2.05, 4.69) is 5.10 Å². The highest BCUT2D eigenvalue weighted by molar-refractivity contribution is 5.92. The molecule has 0 N–H and O–H groups in total. The second-order valence-electron chi connectivity index (χ2n) is 5.12. The summed E-state index contributed by atoms with van der Waals surface area (Å²) in [4.78, 5) is 23.8. The van der Waals surface area contributed by atoms with Gasteiger partial charge >= 0.3 is 5.97 Å². The van der Waals surface area contributed by atoms with Crippen LogP contribution in [0.2, 0.25) is 0 Å². The van der Waals surface area contributed by atoms with Crippen molar-refractivity contribution < 1.29 is 14.3 Å². The average Bonchev–Trinajstić information content (AvgIpc) is 3.00. The van der Waals surface area contributed by atoms with Crippen molar-refractivity contribution in [3.8, 4) is 5.69 Å². The molecule has 5 nitrogen and oxygen atoms in total. The Hall–Kier alpha value is -2.43. The van der Waals surface area contributed by atoms with E-state index < -0.39 is 12.1 Å². The van der Waals surface area contributed by atoms with E-state index in [9.17, 15) is 9.59 Å². The molecule has 108 valence electrons. The Morgan fingerprint density at radius 3 is 2.81 bits per heavy atom. The first-order chi connectivity index (χ1) is 10.2. The smallest absolute Gasteiger partial charge is 0.342 e. The summed E-state index contributed by atoms with van der Waals surface area (Å²) in [5, 5.41) is 4.15. The van der Waals surface area contributed by atoms with Gasteiger partial charge in [0, 0.05) is 12.6 Å². The third-order valence-corrected chi connectivity index (χ3v) is 3.59. The molecule has 1 aromatic carbocycles. The molecule has 1 heterocycles. The van der Waals surface area contributed by atoms with Crippen molar-refractivity contribution >= 4 is 11.8 Å².